The molecule has 3 aromatic carbocycles. The lowest BCUT2D eigenvalue weighted by Crippen LogP contribution is -2.53. The summed E-state index contributed by atoms with van der Waals surface area (Å²) >= 11 is 0. The van der Waals surface area contributed by atoms with Crippen molar-refractivity contribution in [3.63, 3.8) is 0 Å². The summed E-state index contributed by atoms with van der Waals surface area (Å²) in [5.74, 6) is -2.28. The molecular weight excluding hydrogens is 1080 g/mol. The number of imidazole rings is 1. The molecule has 5 aromatic rings. The van der Waals surface area contributed by atoms with Crippen molar-refractivity contribution >= 4 is 62.6 Å². The number of esters is 1. The average Bonchev–Trinajstić information content (AvgIpc) is 3.31. The van der Waals surface area contributed by atoms with Gasteiger partial charge in [-0.3, -0.25) is 34.1 Å². The molecule has 446 valence electrons. The first-order valence-electron chi connectivity index (χ1n) is 27.4. The number of hydrogen-bond donors (Lipinski definition) is 9. The Kier molecular flexibility index (Phi) is 25.9. The Balaban J connectivity index is 1.04. The first kappa shape index (κ1) is 65.1. The highest BCUT2D eigenvalue weighted by Crippen LogP contribution is 2.22. The Morgan fingerprint density at radius 2 is 1.48 bits per heavy atom. The second-order valence-corrected chi connectivity index (χ2v) is 21.4. The molecule has 0 fully saturated rings. The van der Waals surface area contributed by atoms with E-state index in [9.17, 15) is 47.1 Å². The van der Waals surface area contributed by atoms with Crippen molar-refractivity contribution < 1.29 is 56.5 Å². The minimum Gasteiger partial charge on any atom is -0.468 e. The molecule has 82 heavy (non-hydrogen) atoms. The molecule has 2 unspecified atom stereocenters. The number of nitrogens with one attached hydrogen (secondary N) is 8. The van der Waals surface area contributed by atoms with Crippen molar-refractivity contribution in [2.45, 2.75) is 129 Å². The maximum Gasteiger partial charge on any atom is 0.408 e. The van der Waals surface area contributed by atoms with Crippen LogP contribution in [0.1, 0.15) is 97.0 Å². The number of carbonyl (C=O) groups is 6. The summed E-state index contributed by atoms with van der Waals surface area (Å²) in [5, 5.41) is 30.7. The van der Waals surface area contributed by atoms with Crippen LogP contribution in [0.2, 0.25) is 0 Å². The number of aliphatic hydroxyl groups excluding tert-OH is 1. The van der Waals surface area contributed by atoms with Gasteiger partial charge in [0.2, 0.25) is 39.1 Å². The second-order valence-electron chi connectivity index (χ2n) is 19.7. The van der Waals surface area contributed by atoms with Crippen molar-refractivity contribution in [1.29, 1.82) is 0 Å². The van der Waals surface area contributed by atoms with Crippen molar-refractivity contribution in [2.24, 2.45) is 7.05 Å². The fraction of sp³-hybridized carbons (Fsp3) is 0.474. The van der Waals surface area contributed by atoms with E-state index < -0.39 is 70.2 Å². The molecule has 0 aliphatic carbocycles. The number of rotatable bonds is 34. The predicted molar refractivity (Wildman–Crippen MR) is 308 cm³/mol. The Bertz CT molecular complexity index is 3110. The quantitative estimate of drug-likeness (QED) is 0.0162. The standard InChI is InChI=1S/C57H79N11O13S/c1-8-44(64-54(74)45(9-2)65-57(76)81-36-40-16-11-10-12-17-40)53(73)60-24-15-29-80-28-14-23-59-49(70)21-20-48(69)58-22-13-26-68-35-43(50(71)42-19-18-41(32-47(42)68)33-63-56-61-25-27-67(56)6)52(72)62-34-46(55(75)79-7)66-82(77,78)51-38(4)30-37(3)31-39(51)5/h10-12,16-19,25,27,30-32,35,44-46,48,58,66,69H,8-9,13-15,20-24,26,28-29,33-34,36H2,1-7H3,(H,59,70)(H,60,73)(H,61,63)(H,62,72)(H,64,74)(H,65,76)/t44-,45?,46+,48?/m1/s1. The van der Waals surface area contributed by atoms with Gasteiger partial charge in [0, 0.05) is 83.4 Å². The van der Waals surface area contributed by atoms with Crippen LogP contribution in [0.25, 0.3) is 10.9 Å². The van der Waals surface area contributed by atoms with E-state index in [2.05, 4.69) is 46.9 Å². The molecule has 0 bridgehead atoms. The van der Waals surface area contributed by atoms with Gasteiger partial charge >= 0.3 is 12.1 Å². The number of benzene rings is 3. The lowest BCUT2D eigenvalue weighted by atomic mass is 10.1. The van der Waals surface area contributed by atoms with Crippen LogP contribution in [-0.2, 0) is 70.2 Å². The molecule has 0 aliphatic rings. The number of ether oxygens (including phenoxy) is 3. The number of aromatic nitrogens is 3. The van der Waals surface area contributed by atoms with Gasteiger partial charge in [0.05, 0.1) is 17.5 Å². The van der Waals surface area contributed by atoms with E-state index in [1.165, 1.54) is 6.20 Å². The number of aliphatic hydroxyl groups is 1. The monoisotopic (exact) mass is 1160 g/mol. The normalized spacial score (nSPS) is 12.8. The third-order valence-electron chi connectivity index (χ3n) is 13.2. The molecule has 4 atom stereocenters. The highest BCUT2D eigenvalue weighted by molar-refractivity contribution is 7.89. The first-order valence-corrected chi connectivity index (χ1v) is 28.9. The van der Waals surface area contributed by atoms with Crippen LogP contribution in [0, 0.1) is 20.8 Å². The zero-order valence-electron chi connectivity index (χ0n) is 47.7. The van der Waals surface area contributed by atoms with Gasteiger partial charge < -0.3 is 60.4 Å². The number of nitrogens with zero attached hydrogens (tertiary/aromatic N) is 3. The van der Waals surface area contributed by atoms with Crippen LogP contribution < -0.4 is 47.4 Å². The van der Waals surface area contributed by atoms with Crippen LogP contribution in [0.3, 0.4) is 0 Å². The highest BCUT2D eigenvalue weighted by Gasteiger charge is 2.30. The van der Waals surface area contributed by atoms with Crippen molar-refractivity contribution in [3.8, 4) is 0 Å². The number of amides is 5. The largest absolute Gasteiger partial charge is 0.468 e. The summed E-state index contributed by atoms with van der Waals surface area (Å²) in [5.41, 5.74) is 3.10. The van der Waals surface area contributed by atoms with E-state index >= 15 is 0 Å². The lowest BCUT2D eigenvalue weighted by molar-refractivity contribution is -0.142. The lowest BCUT2D eigenvalue weighted by Gasteiger charge is -2.21. The minimum atomic E-state index is -4.27. The molecule has 0 aliphatic heterocycles. The Hall–Kier alpha value is -7.71. The second kappa shape index (κ2) is 32.7. The number of aryl methyl sites for hydroxylation is 5. The van der Waals surface area contributed by atoms with Gasteiger partial charge in [-0.2, -0.15) is 4.72 Å². The molecule has 24 nitrogen and oxygen atoms in total. The number of fused-ring (bicyclic) bond motifs is 1. The van der Waals surface area contributed by atoms with Gasteiger partial charge in [0.15, 0.2) is 0 Å². The summed E-state index contributed by atoms with van der Waals surface area (Å²) in [7, 11) is -1.33. The van der Waals surface area contributed by atoms with Gasteiger partial charge in [-0.1, -0.05) is 67.9 Å². The molecule has 9 N–H and O–H groups in total. The van der Waals surface area contributed by atoms with Crippen LogP contribution >= 0.6 is 0 Å². The van der Waals surface area contributed by atoms with Gasteiger partial charge in [-0.15, -0.1) is 0 Å². The third-order valence-corrected chi connectivity index (χ3v) is 15.0. The predicted octanol–water partition coefficient (Wildman–Crippen LogP) is 3.23. The van der Waals surface area contributed by atoms with E-state index in [-0.39, 0.29) is 53.7 Å². The van der Waals surface area contributed by atoms with Gasteiger partial charge in [0.25, 0.3) is 5.91 Å². The number of pyridine rings is 1. The van der Waals surface area contributed by atoms with Crippen molar-refractivity contribution in [3.05, 3.63) is 123 Å². The van der Waals surface area contributed by atoms with Crippen LogP contribution in [-0.4, -0.2) is 134 Å². The average molecular weight is 1160 g/mol. The van der Waals surface area contributed by atoms with Gasteiger partial charge in [-0.25, -0.2) is 18.2 Å². The summed E-state index contributed by atoms with van der Waals surface area (Å²) < 4.78 is 48.9. The van der Waals surface area contributed by atoms with E-state index in [1.807, 2.05) is 54.9 Å². The number of hydrogen-bond acceptors (Lipinski definition) is 16. The van der Waals surface area contributed by atoms with E-state index in [0.717, 1.165) is 23.8 Å². The summed E-state index contributed by atoms with van der Waals surface area (Å²) in [6, 6.07) is 14.5. The molecule has 2 aromatic heterocycles. The molecule has 5 rings (SSSR count). The maximum absolute atomic E-state index is 14.0. The van der Waals surface area contributed by atoms with E-state index in [4.69, 9.17) is 14.2 Å². The number of anilines is 1. The molecule has 0 spiro atoms. The third kappa shape index (κ3) is 20.1. The Morgan fingerprint density at radius 3 is 2.13 bits per heavy atom. The van der Waals surface area contributed by atoms with E-state index in [1.54, 1.807) is 68.9 Å². The molecule has 0 saturated heterocycles. The molecule has 25 heteroatoms. The van der Waals surface area contributed by atoms with Crippen LogP contribution in [0.4, 0.5) is 10.7 Å². The van der Waals surface area contributed by atoms with Crippen molar-refractivity contribution in [1.82, 2.24) is 50.7 Å². The molecule has 5 amide bonds. The molecule has 0 radical (unpaired) electrons. The number of carbonyl (C=O) groups excluding carboxylic acids is 6. The zero-order chi connectivity index (χ0) is 59.8. The summed E-state index contributed by atoms with van der Waals surface area (Å²) in [6.07, 6.45) is 5.38. The fourth-order valence-corrected chi connectivity index (χ4v) is 10.6. The molecule has 0 saturated carbocycles. The Labute approximate surface area is 478 Å². The van der Waals surface area contributed by atoms with Gasteiger partial charge in [0.1, 0.15) is 36.5 Å². The highest BCUT2D eigenvalue weighted by atomic mass is 32.2. The topological polar surface area (TPSA) is 321 Å². The summed E-state index contributed by atoms with van der Waals surface area (Å²) in [4.78, 5) is 95.7. The minimum absolute atomic E-state index is 0.00417. The first-order chi connectivity index (χ1) is 39.2. The fourth-order valence-electron chi connectivity index (χ4n) is 8.93. The number of methoxy groups -OCH3 is 1. The number of alkyl carbamates (subject to hydrolysis) is 1. The number of sulfonamides is 1. The van der Waals surface area contributed by atoms with Crippen molar-refractivity contribution in [2.75, 3.05) is 51.8 Å². The molecular formula is C57H79N11O13S. The summed E-state index contributed by atoms with van der Waals surface area (Å²) in [6.45, 7) is 10.5. The van der Waals surface area contributed by atoms with E-state index in [0.29, 0.717) is 94.1 Å². The smallest absolute Gasteiger partial charge is 0.408 e. The van der Waals surface area contributed by atoms with Gasteiger partial charge in [-0.05, 0) is 100 Å². The zero-order valence-corrected chi connectivity index (χ0v) is 48.5. The SMILES string of the molecule is CCC(NC(=O)OCc1ccccc1)C(=O)N[C@H](CC)C(=O)NCCCOCCCNC(=O)CCC(O)NCCCn1cc(C(=O)NC[C@H](NS(=O)(=O)c2c(C)cc(C)cc2C)C(=O)OC)c(=O)c2ccc(CNc3nccn3C)cc21. The van der Waals surface area contributed by atoms with Crippen LogP contribution in [0.15, 0.2) is 88.9 Å². The Morgan fingerprint density at radius 1 is 0.793 bits per heavy atom. The van der Waals surface area contributed by atoms with Crippen LogP contribution in [0.5, 0.6) is 0 Å². The maximum atomic E-state index is 14.0. The molecule has 2 heterocycles.